The smallest absolute Gasteiger partial charge is 0.306 e. The van der Waals surface area contributed by atoms with Crippen molar-refractivity contribution in [3.8, 4) is 0 Å². The van der Waals surface area contributed by atoms with Gasteiger partial charge in [-0.2, -0.15) is 0 Å². The minimum absolute atomic E-state index is 0.0930. The van der Waals surface area contributed by atoms with Gasteiger partial charge in [0.25, 0.3) is 0 Å². The summed E-state index contributed by atoms with van der Waals surface area (Å²) >= 11 is 0. The molecule has 0 aliphatic carbocycles. The van der Waals surface area contributed by atoms with E-state index in [1.54, 1.807) is 0 Å². The van der Waals surface area contributed by atoms with Crippen molar-refractivity contribution in [3.05, 3.63) is 122 Å². The fraction of sp³-hybridized carbons (Fsp3) is 0.667. The maximum atomic E-state index is 12.9. The fourth-order valence-electron chi connectivity index (χ4n) is 8.38. The number of hydrogen-bond acceptors (Lipinski definition) is 6. The normalized spacial score (nSPS) is 12.9. The molecule has 6 nitrogen and oxygen atoms in total. The second-order valence-electron chi connectivity index (χ2n) is 20.2. The molecule has 0 amide bonds. The Morgan fingerprint density at radius 1 is 0.280 bits per heavy atom. The first-order chi connectivity index (χ1) is 37.0. The summed E-state index contributed by atoms with van der Waals surface area (Å²) in [6, 6.07) is 0. The predicted molar refractivity (Wildman–Crippen MR) is 325 cm³/mol. The Labute approximate surface area is 462 Å². The van der Waals surface area contributed by atoms with Gasteiger partial charge in [-0.25, -0.2) is 0 Å². The van der Waals surface area contributed by atoms with E-state index in [-0.39, 0.29) is 31.1 Å². The van der Waals surface area contributed by atoms with Crippen LogP contribution in [-0.2, 0) is 28.6 Å². The Balaban J connectivity index is 4.47. The summed E-state index contributed by atoms with van der Waals surface area (Å²) in [4.78, 5) is 38.3. The zero-order valence-electron chi connectivity index (χ0n) is 48.8. The van der Waals surface area contributed by atoms with Gasteiger partial charge in [-0.05, 0) is 109 Å². The molecule has 1 atom stereocenters. The van der Waals surface area contributed by atoms with Gasteiger partial charge in [0.05, 0.1) is 0 Å². The van der Waals surface area contributed by atoms with E-state index in [2.05, 4.69) is 142 Å². The van der Waals surface area contributed by atoms with Crippen molar-refractivity contribution >= 4 is 17.9 Å². The van der Waals surface area contributed by atoms with Crippen LogP contribution in [0, 0.1) is 0 Å². The molecule has 0 aromatic rings. The van der Waals surface area contributed by atoms with Crippen LogP contribution in [-0.4, -0.2) is 37.2 Å². The minimum atomic E-state index is -0.800. The highest BCUT2D eigenvalue weighted by Gasteiger charge is 2.19. The molecule has 0 bridgehead atoms. The van der Waals surface area contributed by atoms with E-state index < -0.39 is 6.10 Å². The lowest BCUT2D eigenvalue weighted by Gasteiger charge is -2.18. The molecule has 0 saturated carbocycles. The van der Waals surface area contributed by atoms with Crippen molar-refractivity contribution < 1.29 is 28.6 Å². The summed E-state index contributed by atoms with van der Waals surface area (Å²) in [5, 5.41) is 0. The van der Waals surface area contributed by atoms with Gasteiger partial charge in [0.15, 0.2) is 6.10 Å². The lowest BCUT2D eigenvalue weighted by Crippen LogP contribution is -2.30. The van der Waals surface area contributed by atoms with Crippen LogP contribution in [0.15, 0.2) is 122 Å². The number of hydrogen-bond donors (Lipinski definition) is 0. The summed E-state index contributed by atoms with van der Waals surface area (Å²) in [5.74, 6) is -0.926. The van der Waals surface area contributed by atoms with E-state index >= 15 is 0 Å². The number of rotatable bonds is 55. The standard InChI is InChI=1S/C69H114O6/c1-4-7-10-13-16-19-22-25-28-30-32-34-36-38-41-44-47-50-53-56-59-62-68(71)74-65-66(64-73-67(70)61-58-55-52-49-46-43-40-27-24-21-18-15-12-9-6-3)75-69(72)63-60-57-54-51-48-45-42-39-37-35-33-31-29-26-23-20-17-14-11-8-5-2/h7-8,10-11,16-17,19-20,25-26,28-29,32-35,38-39,41-42,66H,4-6,9,12-15,18,21-24,27,30-31,36-37,40,43-65H2,1-3H3/b10-7-,11-8-,19-16-,20-17-,28-25-,29-26-,34-32-,35-33-,41-38-,42-39-. The summed E-state index contributed by atoms with van der Waals surface area (Å²) in [5.41, 5.74) is 0. The van der Waals surface area contributed by atoms with Crippen LogP contribution in [0.5, 0.6) is 0 Å². The van der Waals surface area contributed by atoms with Crippen molar-refractivity contribution in [2.45, 2.75) is 284 Å². The van der Waals surface area contributed by atoms with Crippen molar-refractivity contribution in [2.24, 2.45) is 0 Å². The van der Waals surface area contributed by atoms with Gasteiger partial charge in [0.1, 0.15) is 13.2 Å². The van der Waals surface area contributed by atoms with Crippen LogP contribution >= 0.6 is 0 Å². The van der Waals surface area contributed by atoms with E-state index in [1.165, 1.54) is 77.0 Å². The van der Waals surface area contributed by atoms with Gasteiger partial charge in [-0.3, -0.25) is 14.4 Å². The lowest BCUT2D eigenvalue weighted by molar-refractivity contribution is -0.167. The Morgan fingerprint density at radius 2 is 0.520 bits per heavy atom. The highest BCUT2D eigenvalue weighted by atomic mass is 16.6. The fourth-order valence-corrected chi connectivity index (χ4v) is 8.38. The SMILES string of the molecule is CC/C=C\C/C=C\C/C=C\C/C=C\C/C=C\CCCCCCCC(=O)OCC(COC(=O)CCCCCCCCCCCCCCCCC)OC(=O)CCCCCCC/C=C\C/C=C\C/C=C\C/C=C\C/C=C\CC. The van der Waals surface area contributed by atoms with Crippen LogP contribution in [0.1, 0.15) is 278 Å². The Bertz CT molecular complexity index is 1570. The van der Waals surface area contributed by atoms with Gasteiger partial charge < -0.3 is 14.2 Å². The van der Waals surface area contributed by atoms with E-state index in [9.17, 15) is 14.4 Å². The Hall–Kier alpha value is -4.19. The number of carbonyl (C=O) groups excluding carboxylic acids is 3. The molecule has 0 radical (unpaired) electrons. The molecule has 6 heteroatoms. The van der Waals surface area contributed by atoms with Crippen LogP contribution in [0.3, 0.4) is 0 Å². The number of unbranched alkanes of at least 4 members (excludes halogenated alkanes) is 24. The number of ether oxygens (including phenoxy) is 3. The molecule has 426 valence electrons. The average molecular weight is 1040 g/mol. The first kappa shape index (κ1) is 70.8. The zero-order valence-corrected chi connectivity index (χ0v) is 48.8. The van der Waals surface area contributed by atoms with Crippen LogP contribution in [0.25, 0.3) is 0 Å². The van der Waals surface area contributed by atoms with Crippen LogP contribution < -0.4 is 0 Å². The molecule has 0 saturated heterocycles. The van der Waals surface area contributed by atoms with E-state index in [4.69, 9.17) is 14.2 Å². The summed E-state index contributed by atoms with van der Waals surface area (Å²) in [7, 11) is 0. The second kappa shape index (κ2) is 62.4. The van der Waals surface area contributed by atoms with Crippen LogP contribution in [0.4, 0.5) is 0 Å². The predicted octanol–water partition coefficient (Wildman–Crippen LogP) is 21.2. The zero-order chi connectivity index (χ0) is 54.3. The molecule has 0 aliphatic heterocycles. The second-order valence-corrected chi connectivity index (χ2v) is 20.2. The van der Waals surface area contributed by atoms with Crippen molar-refractivity contribution in [3.63, 3.8) is 0 Å². The third kappa shape index (κ3) is 60.6. The third-order valence-electron chi connectivity index (χ3n) is 13.0. The van der Waals surface area contributed by atoms with Gasteiger partial charge in [0.2, 0.25) is 0 Å². The molecule has 0 aliphatic rings. The van der Waals surface area contributed by atoms with Crippen molar-refractivity contribution in [2.75, 3.05) is 13.2 Å². The largest absolute Gasteiger partial charge is 0.462 e. The number of carbonyl (C=O) groups is 3. The number of allylic oxidation sites excluding steroid dienone is 20. The Kier molecular flexibility index (Phi) is 58.9. The van der Waals surface area contributed by atoms with E-state index in [0.717, 1.165) is 161 Å². The van der Waals surface area contributed by atoms with E-state index in [0.29, 0.717) is 19.3 Å². The summed E-state index contributed by atoms with van der Waals surface area (Å²) in [6.07, 6.45) is 86.2. The first-order valence-electron chi connectivity index (χ1n) is 31.0. The molecular formula is C69H114O6. The molecular weight excluding hydrogens is 925 g/mol. The number of esters is 3. The molecule has 0 heterocycles. The summed E-state index contributed by atoms with van der Waals surface area (Å²) < 4.78 is 16.9. The Morgan fingerprint density at radius 3 is 0.813 bits per heavy atom. The molecule has 0 aromatic carbocycles. The summed E-state index contributed by atoms with van der Waals surface area (Å²) in [6.45, 7) is 6.40. The van der Waals surface area contributed by atoms with Gasteiger partial charge in [0, 0.05) is 19.3 Å². The first-order valence-corrected chi connectivity index (χ1v) is 31.0. The molecule has 0 aromatic heterocycles. The minimum Gasteiger partial charge on any atom is -0.462 e. The quantitative estimate of drug-likeness (QED) is 0.0261. The molecule has 1 unspecified atom stereocenters. The van der Waals surface area contributed by atoms with Gasteiger partial charge in [-0.15, -0.1) is 0 Å². The topological polar surface area (TPSA) is 78.9 Å². The van der Waals surface area contributed by atoms with Gasteiger partial charge in [-0.1, -0.05) is 271 Å². The van der Waals surface area contributed by atoms with Crippen LogP contribution in [0.2, 0.25) is 0 Å². The van der Waals surface area contributed by atoms with Crippen molar-refractivity contribution in [1.82, 2.24) is 0 Å². The molecule has 75 heavy (non-hydrogen) atoms. The molecule has 0 rings (SSSR count). The molecule has 0 spiro atoms. The van der Waals surface area contributed by atoms with E-state index in [1.807, 2.05) is 0 Å². The maximum absolute atomic E-state index is 12.9. The average Bonchev–Trinajstić information content (AvgIpc) is 3.41. The molecule has 0 N–H and O–H groups in total. The lowest BCUT2D eigenvalue weighted by atomic mass is 10.0. The monoisotopic (exact) mass is 1040 g/mol. The molecule has 0 fully saturated rings. The highest BCUT2D eigenvalue weighted by molar-refractivity contribution is 5.71. The highest BCUT2D eigenvalue weighted by Crippen LogP contribution is 2.15. The third-order valence-corrected chi connectivity index (χ3v) is 13.0. The van der Waals surface area contributed by atoms with Crippen molar-refractivity contribution in [1.29, 1.82) is 0 Å². The maximum Gasteiger partial charge on any atom is 0.306 e. The van der Waals surface area contributed by atoms with Gasteiger partial charge >= 0.3 is 17.9 Å².